The number of ether oxygens (including phenoxy) is 1. The van der Waals surface area contributed by atoms with Crippen molar-refractivity contribution in [1.29, 1.82) is 0 Å². The normalized spacial score (nSPS) is 10.4. The fraction of sp³-hybridized carbons (Fsp3) is 0.200. The Morgan fingerprint density at radius 2 is 2.38 bits per heavy atom. The van der Waals surface area contributed by atoms with Crippen LogP contribution in [0.2, 0.25) is 0 Å². The van der Waals surface area contributed by atoms with Crippen LogP contribution in [0.15, 0.2) is 16.7 Å². The first-order valence-corrected chi connectivity index (χ1v) is 6.12. The van der Waals surface area contributed by atoms with E-state index >= 15 is 0 Å². The number of halogens is 1. The zero-order valence-electron chi connectivity index (χ0n) is 8.70. The highest BCUT2D eigenvalue weighted by molar-refractivity contribution is 9.10. The van der Waals surface area contributed by atoms with E-state index in [0.29, 0.717) is 11.5 Å². The lowest BCUT2D eigenvalue weighted by Gasteiger charge is -1.92. The maximum Gasteiger partial charge on any atom is 0.356 e. The molecule has 6 heteroatoms. The number of H-pyrrole nitrogens is 1. The van der Waals surface area contributed by atoms with Gasteiger partial charge in [-0.1, -0.05) is 0 Å². The van der Waals surface area contributed by atoms with E-state index in [9.17, 15) is 4.79 Å². The number of hydrogen-bond acceptors (Lipinski definition) is 4. The third kappa shape index (κ3) is 2.03. The predicted molar refractivity (Wildman–Crippen MR) is 65.7 cm³/mol. The Morgan fingerprint density at radius 1 is 1.62 bits per heavy atom. The molecule has 2 aromatic rings. The van der Waals surface area contributed by atoms with Crippen LogP contribution in [-0.2, 0) is 4.74 Å². The first kappa shape index (κ1) is 11.3. The average molecular weight is 301 g/mol. The van der Waals surface area contributed by atoms with Crippen molar-refractivity contribution in [2.45, 2.75) is 6.92 Å². The number of nitrogens with zero attached hydrogens (tertiary/aromatic N) is 1. The molecule has 0 unspecified atom stereocenters. The largest absolute Gasteiger partial charge is 0.464 e. The minimum atomic E-state index is -0.411. The summed E-state index contributed by atoms with van der Waals surface area (Å²) >= 11 is 5.05. The Kier molecular flexibility index (Phi) is 3.11. The second kappa shape index (κ2) is 4.39. The fourth-order valence-electron chi connectivity index (χ4n) is 1.24. The molecule has 0 aliphatic carbocycles. The second-order valence-corrected chi connectivity index (χ2v) is 5.26. The van der Waals surface area contributed by atoms with Gasteiger partial charge in [-0.25, -0.2) is 9.78 Å². The molecular formula is C10H9BrN2O2S. The lowest BCUT2D eigenvalue weighted by atomic mass is 10.4. The molecule has 0 aliphatic rings. The van der Waals surface area contributed by atoms with Gasteiger partial charge in [-0.3, -0.25) is 0 Å². The quantitative estimate of drug-likeness (QED) is 0.868. The number of carbonyl (C=O) groups is 1. The summed E-state index contributed by atoms with van der Waals surface area (Å²) in [5.74, 6) is 0.269. The molecule has 0 atom stereocenters. The standard InChI is InChI=1S/C10H9BrN2O2S/c1-5-6(11)3-8(16-5)9-12-4-7(13-9)10(14)15-2/h3-4H,1-2H3,(H,12,13). The molecule has 4 nitrogen and oxygen atoms in total. The molecule has 0 aliphatic heterocycles. The zero-order chi connectivity index (χ0) is 11.7. The van der Waals surface area contributed by atoms with Crippen molar-refractivity contribution in [3.8, 4) is 10.7 Å². The van der Waals surface area contributed by atoms with Crippen molar-refractivity contribution >= 4 is 33.2 Å². The number of aromatic nitrogens is 2. The summed E-state index contributed by atoms with van der Waals surface area (Å²) in [5.41, 5.74) is 0.361. The summed E-state index contributed by atoms with van der Waals surface area (Å²) in [4.78, 5) is 20.5. The van der Waals surface area contributed by atoms with E-state index in [1.165, 1.54) is 18.2 Å². The van der Waals surface area contributed by atoms with E-state index in [2.05, 4.69) is 30.6 Å². The Balaban J connectivity index is 2.35. The third-order valence-corrected chi connectivity index (χ3v) is 4.22. The van der Waals surface area contributed by atoms with Gasteiger partial charge in [-0.05, 0) is 28.9 Å². The van der Waals surface area contributed by atoms with Gasteiger partial charge in [-0.15, -0.1) is 11.3 Å². The van der Waals surface area contributed by atoms with Gasteiger partial charge in [0.05, 0.1) is 18.2 Å². The smallest absolute Gasteiger partial charge is 0.356 e. The molecule has 84 valence electrons. The Labute approximate surface area is 105 Å². The number of esters is 1. The molecule has 0 bridgehead atoms. The SMILES string of the molecule is COC(=O)c1cnc(-c2cc(Br)c(C)s2)[nH]1. The Bertz CT molecular complexity index is 513. The second-order valence-electron chi connectivity index (χ2n) is 3.15. The highest BCUT2D eigenvalue weighted by Crippen LogP contribution is 2.32. The van der Waals surface area contributed by atoms with Crippen LogP contribution in [0.25, 0.3) is 10.7 Å². The molecule has 2 heterocycles. The highest BCUT2D eigenvalue weighted by Gasteiger charge is 2.12. The lowest BCUT2D eigenvalue weighted by molar-refractivity contribution is 0.0595. The van der Waals surface area contributed by atoms with E-state index in [1.54, 1.807) is 11.3 Å². The summed E-state index contributed by atoms with van der Waals surface area (Å²) in [6.45, 7) is 2.02. The molecule has 0 spiro atoms. The monoisotopic (exact) mass is 300 g/mol. The topological polar surface area (TPSA) is 55.0 Å². The zero-order valence-corrected chi connectivity index (χ0v) is 11.1. The molecule has 0 radical (unpaired) electrons. The molecule has 0 amide bonds. The minimum absolute atomic E-state index is 0.361. The minimum Gasteiger partial charge on any atom is -0.464 e. The third-order valence-electron chi connectivity index (χ3n) is 2.07. The first-order valence-electron chi connectivity index (χ1n) is 4.51. The molecule has 0 saturated carbocycles. The maximum absolute atomic E-state index is 11.2. The van der Waals surface area contributed by atoms with E-state index in [4.69, 9.17) is 0 Å². The van der Waals surface area contributed by atoms with Crippen LogP contribution < -0.4 is 0 Å². The number of aromatic amines is 1. The first-order chi connectivity index (χ1) is 7.61. The van der Waals surface area contributed by atoms with Gasteiger partial charge in [0.2, 0.25) is 0 Å². The van der Waals surface area contributed by atoms with Crippen molar-refractivity contribution in [1.82, 2.24) is 9.97 Å². The molecular weight excluding hydrogens is 292 g/mol. The summed E-state index contributed by atoms with van der Waals surface area (Å²) in [5, 5.41) is 0. The van der Waals surface area contributed by atoms with Crippen LogP contribution in [0.5, 0.6) is 0 Å². The number of carbonyl (C=O) groups excluding carboxylic acids is 1. The van der Waals surface area contributed by atoms with Crippen molar-refractivity contribution in [2.75, 3.05) is 7.11 Å². The average Bonchev–Trinajstić information content (AvgIpc) is 2.86. The van der Waals surface area contributed by atoms with E-state index in [0.717, 1.165) is 9.35 Å². The van der Waals surface area contributed by atoms with Gasteiger partial charge in [0.15, 0.2) is 0 Å². The van der Waals surface area contributed by atoms with Gasteiger partial charge in [-0.2, -0.15) is 0 Å². The van der Waals surface area contributed by atoms with Crippen LogP contribution in [0, 0.1) is 6.92 Å². The van der Waals surface area contributed by atoms with E-state index in [1.807, 2.05) is 13.0 Å². The number of aryl methyl sites for hydroxylation is 1. The molecule has 16 heavy (non-hydrogen) atoms. The number of hydrogen-bond donors (Lipinski definition) is 1. The molecule has 1 N–H and O–H groups in total. The van der Waals surface area contributed by atoms with Crippen LogP contribution in [0.4, 0.5) is 0 Å². The molecule has 0 saturated heterocycles. The highest BCUT2D eigenvalue weighted by atomic mass is 79.9. The van der Waals surface area contributed by atoms with Crippen LogP contribution >= 0.6 is 27.3 Å². The van der Waals surface area contributed by atoms with Crippen LogP contribution in [-0.4, -0.2) is 23.0 Å². The van der Waals surface area contributed by atoms with Gasteiger partial charge in [0, 0.05) is 9.35 Å². The number of nitrogens with one attached hydrogen (secondary N) is 1. The Morgan fingerprint density at radius 3 is 2.94 bits per heavy atom. The molecule has 2 aromatic heterocycles. The summed E-state index contributed by atoms with van der Waals surface area (Å²) in [7, 11) is 1.34. The van der Waals surface area contributed by atoms with Crippen molar-refractivity contribution in [2.24, 2.45) is 0 Å². The van der Waals surface area contributed by atoms with E-state index < -0.39 is 5.97 Å². The summed E-state index contributed by atoms with van der Waals surface area (Å²) < 4.78 is 5.64. The van der Waals surface area contributed by atoms with Crippen LogP contribution in [0.3, 0.4) is 0 Å². The van der Waals surface area contributed by atoms with Crippen molar-refractivity contribution in [3.63, 3.8) is 0 Å². The number of thiophene rings is 1. The van der Waals surface area contributed by atoms with Gasteiger partial charge >= 0.3 is 5.97 Å². The summed E-state index contributed by atoms with van der Waals surface area (Å²) in [6, 6.07) is 1.97. The van der Waals surface area contributed by atoms with Crippen LogP contribution in [0.1, 0.15) is 15.4 Å². The van der Waals surface area contributed by atoms with Gasteiger partial charge < -0.3 is 9.72 Å². The fourth-order valence-corrected chi connectivity index (χ4v) is 2.72. The predicted octanol–water partition coefficient (Wildman–Crippen LogP) is 3.00. The lowest BCUT2D eigenvalue weighted by Crippen LogP contribution is -2.00. The molecule has 0 fully saturated rings. The molecule has 0 aromatic carbocycles. The van der Waals surface area contributed by atoms with Gasteiger partial charge in [0.1, 0.15) is 11.5 Å². The summed E-state index contributed by atoms with van der Waals surface area (Å²) in [6.07, 6.45) is 1.48. The number of methoxy groups -OCH3 is 1. The van der Waals surface area contributed by atoms with E-state index in [-0.39, 0.29) is 0 Å². The van der Waals surface area contributed by atoms with Crippen molar-refractivity contribution < 1.29 is 9.53 Å². The maximum atomic E-state index is 11.2. The Hall–Kier alpha value is -1.14. The molecule has 2 rings (SSSR count). The van der Waals surface area contributed by atoms with Crippen molar-refractivity contribution in [3.05, 3.63) is 27.3 Å². The number of imidazole rings is 1. The van der Waals surface area contributed by atoms with Gasteiger partial charge in [0.25, 0.3) is 0 Å². The number of rotatable bonds is 2.